The van der Waals surface area contributed by atoms with Gasteiger partial charge in [-0.1, -0.05) is 11.6 Å². The van der Waals surface area contributed by atoms with Gasteiger partial charge in [0.15, 0.2) is 22.3 Å². The summed E-state index contributed by atoms with van der Waals surface area (Å²) in [4.78, 5) is 4.29. The normalized spacial score (nSPS) is 14.3. The van der Waals surface area contributed by atoms with E-state index in [1.807, 2.05) is 6.07 Å². The van der Waals surface area contributed by atoms with Crippen LogP contribution in [-0.4, -0.2) is 45.7 Å². The molecule has 25 heavy (non-hydrogen) atoms. The Morgan fingerprint density at radius 1 is 1.56 bits per heavy atom. The molecular weight excluding hydrogens is 362 g/mol. The Morgan fingerprint density at radius 3 is 2.92 bits per heavy atom. The molecule has 0 spiro atoms. The second-order valence-corrected chi connectivity index (χ2v) is 6.37. The number of nitrogens with zero attached hydrogens (tertiary/aromatic N) is 5. The van der Waals surface area contributed by atoms with E-state index in [2.05, 4.69) is 31.1 Å². The third-order valence-electron chi connectivity index (χ3n) is 3.93. The van der Waals surface area contributed by atoms with Crippen molar-refractivity contribution in [3.63, 3.8) is 0 Å². The quantitative estimate of drug-likeness (QED) is 0.838. The first-order valence-corrected chi connectivity index (χ1v) is 8.99. The first-order valence-electron chi connectivity index (χ1n) is 7.92. The Bertz CT molecular complexity index is 791. The van der Waals surface area contributed by atoms with Crippen LogP contribution in [0.5, 0.6) is 0 Å². The van der Waals surface area contributed by atoms with Crippen LogP contribution in [-0.2, 0) is 18.0 Å². The van der Waals surface area contributed by atoms with Crippen LogP contribution in [0.3, 0.4) is 0 Å². The van der Waals surface area contributed by atoms with E-state index in [1.54, 1.807) is 6.20 Å². The molecular formula is C15H20ClN7OS. The van der Waals surface area contributed by atoms with Crippen LogP contribution in [0.15, 0.2) is 16.6 Å². The fourth-order valence-corrected chi connectivity index (χ4v) is 3.00. The van der Waals surface area contributed by atoms with Crippen molar-refractivity contribution in [2.45, 2.75) is 19.4 Å². The van der Waals surface area contributed by atoms with Crippen LogP contribution in [0.4, 0.5) is 5.69 Å². The largest absolute Gasteiger partial charge is 0.384 e. The van der Waals surface area contributed by atoms with Gasteiger partial charge in [-0.15, -0.1) is 0 Å². The highest BCUT2D eigenvalue weighted by atomic mass is 35.5. The molecule has 1 saturated heterocycles. The molecule has 2 aromatic rings. The highest BCUT2D eigenvalue weighted by Crippen LogP contribution is 2.29. The lowest BCUT2D eigenvalue weighted by Gasteiger charge is -2.23. The number of fused-ring (bicyclic) bond motifs is 1. The molecule has 1 aliphatic rings. The monoisotopic (exact) mass is 381 g/mol. The maximum absolute atomic E-state index is 9.05. The lowest BCUT2D eigenvalue weighted by molar-refractivity contribution is 0.390. The number of hydrogen-bond acceptors (Lipinski definition) is 7. The van der Waals surface area contributed by atoms with Gasteiger partial charge in [0.2, 0.25) is 0 Å². The second kappa shape index (κ2) is 10.1. The van der Waals surface area contributed by atoms with Crippen molar-refractivity contribution < 1.29 is 4.21 Å². The van der Waals surface area contributed by atoms with Crippen LogP contribution in [0.2, 0.25) is 5.15 Å². The van der Waals surface area contributed by atoms with Gasteiger partial charge in [-0.2, -0.15) is 18.9 Å². The van der Waals surface area contributed by atoms with E-state index in [9.17, 15) is 0 Å². The average molecular weight is 382 g/mol. The molecule has 2 aromatic heterocycles. The Kier molecular flexibility index (Phi) is 7.78. The van der Waals surface area contributed by atoms with Crippen LogP contribution >= 0.6 is 11.6 Å². The predicted octanol–water partition coefficient (Wildman–Crippen LogP) is 2.03. The summed E-state index contributed by atoms with van der Waals surface area (Å²) in [6.45, 7) is 3.23. The molecule has 3 rings (SSSR count). The van der Waals surface area contributed by atoms with Crippen molar-refractivity contribution in [1.29, 1.82) is 5.26 Å². The summed E-state index contributed by atoms with van der Waals surface area (Å²) in [5.74, 6) is 0.669. The highest BCUT2D eigenvalue weighted by molar-refractivity contribution is 7.54. The third kappa shape index (κ3) is 5.22. The predicted molar refractivity (Wildman–Crippen MR) is 98.7 cm³/mol. The number of piperidine rings is 1. The van der Waals surface area contributed by atoms with Gasteiger partial charge in [-0.25, -0.2) is 9.67 Å². The zero-order valence-electron chi connectivity index (χ0n) is 13.9. The molecule has 8 nitrogen and oxygen atoms in total. The number of hydrogen-bond donors (Lipinski definition) is 2. The van der Waals surface area contributed by atoms with Crippen LogP contribution < -0.4 is 10.6 Å². The highest BCUT2D eigenvalue weighted by Gasteiger charge is 2.16. The molecule has 0 aliphatic carbocycles. The number of rotatable bonds is 4. The molecule has 0 bridgehead atoms. The Balaban J connectivity index is 0.000000511. The molecule has 134 valence electrons. The van der Waals surface area contributed by atoms with E-state index in [0.717, 1.165) is 30.7 Å². The van der Waals surface area contributed by atoms with Crippen LogP contribution in [0, 0.1) is 17.2 Å². The molecule has 0 saturated carbocycles. The van der Waals surface area contributed by atoms with Crippen molar-refractivity contribution in [1.82, 2.24) is 20.1 Å². The Morgan fingerprint density at radius 2 is 2.28 bits per heavy atom. The summed E-state index contributed by atoms with van der Waals surface area (Å²) >= 11 is 6.44. The van der Waals surface area contributed by atoms with Crippen molar-refractivity contribution in [3.05, 3.63) is 17.4 Å². The number of anilines is 1. The van der Waals surface area contributed by atoms with E-state index in [4.69, 9.17) is 21.1 Å². The van der Waals surface area contributed by atoms with Crippen LogP contribution in [0.25, 0.3) is 11.0 Å². The van der Waals surface area contributed by atoms with Gasteiger partial charge in [0.05, 0.1) is 11.5 Å². The summed E-state index contributed by atoms with van der Waals surface area (Å²) in [6.07, 6.45) is 4.09. The number of aromatic nitrogens is 3. The first kappa shape index (κ1) is 19.3. The van der Waals surface area contributed by atoms with E-state index in [0.29, 0.717) is 16.7 Å². The van der Waals surface area contributed by atoms with Gasteiger partial charge in [0.25, 0.3) is 0 Å². The molecule has 3 heterocycles. The lowest BCUT2D eigenvalue weighted by Crippen LogP contribution is -2.31. The molecule has 0 radical (unpaired) electrons. The number of pyridine rings is 1. The summed E-state index contributed by atoms with van der Waals surface area (Å²) in [5, 5.41) is 21.0. The smallest absolute Gasteiger partial charge is 0.199 e. The van der Waals surface area contributed by atoms with Crippen molar-refractivity contribution >= 4 is 39.8 Å². The van der Waals surface area contributed by atoms with E-state index in [1.165, 1.54) is 24.6 Å². The summed E-state index contributed by atoms with van der Waals surface area (Å²) in [7, 11) is 1.46. The third-order valence-corrected chi connectivity index (χ3v) is 4.34. The lowest BCUT2D eigenvalue weighted by atomic mass is 9.98. The molecule has 10 heteroatoms. The molecule has 0 atom stereocenters. The standard InChI is InChI=1S/C14H17ClN6.CH3NOS/c15-13-12-11(19-9-10-1-5-17-6-2-10)3-7-18-14(12)21(20-13)8-4-16;1-2-4-3/h3,7,10,17H,1-2,5-6,8-9H2,(H,18,19);1H3. The molecule has 1 fully saturated rings. The summed E-state index contributed by atoms with van der Waals surface area (Å²) in [6, 6.07) is 3.98. The summed E-state index contributed by atoms with van der Waals surface area (Å²) in [5.41, 5.74) is 1.59. The first-order chi connectivity index (χ1) is 12.2. The maximum Gasteiger partial charge on any atom is 0.199 e. The van der Waals surface area contributed by atoms with E-state index < -0.39 is 0 Å². The average Bonchev–Trinajstić information content (AvgIpc) is 2.98. The van der Waals surface area contributed by atoms with E-state index >= 15 is 0 Å². The van der Waals surface area contributed by atoms with Crippen molar-refractivity contribution in [2.75, 3.05) is 32.0 Å². The Labute approximate surface area is 154 Å². The molecule has 2 N–H and O–H groups in total. The van der Waals surface area contributed by atoms with Gasteiger partial charge in [-0.05, 0) is 37.9 Å². The molecule has 0 amide bonds. The number of nitriles is 1. The maximum atomic E-state index is 9.05. The fourth-order valence-electron chi connectivity index (χ4n) is 2.72. The van der Waals surface area contributed by atoms with Gasteiger partial charge in [0, 0.05) is 25.5 Å². The minimum Gasteiger partial charge on any atom is -0.384 e. The van der Waals surface area contributed by atoms with Crippen molar-refractivity contribution in [2.24, 2.45) is 10.3 Å². The molecule has 0 aromatic carbocycles. The fraction of sp³-hybridized carbons (Fsp3) is 0.533. The molecule has 0 unspecified atom stereocenters. The topological polar surface area (TPSA) is 108 Å². The zero-order chi connectivity index (χ0) is 18.1. The minimum absolute atomic E-state index is 0.147. The van der Waals surface area contributed by atoms with Gasteiger partial charge >= 0.3 is 0 Å². The number of nitrogens with one attached hydrogen (secondary N) is 2. The summed E-state index contributed by atoms with van der Waals surface area (Å²) < 4.78 is 13.7. The second-order valence-electron chi connectivity index (χ2n) is 5.50. The van der Waals surface area contributed by atoms with Gasteiger partial charge in [-0.3, -0.25) is 0 Å². The van der Waals surface area contributed by atoms with Gasteiger partial charge in [0.1, 0.15) is 6.54 Å². The Hall–Kier alpha value is -2.02. The van der Waals surface area contributed by atoms with Gasteiger partial charge < -0.3 is 10.6 Å². The molecule has 1 aliphatic heterocycles. The van der Waals surface area contributed by atoms with Crippen LogP contribution in [0.1, 0.15) is 12.8 Å². The zero-order valence-corrected chi connectivity index (χ0v) is 15.5. The SMILES string of the molecule is CN=S=O.N#CCn1nc(Cl)c2c(NCC3CCNCC3)ccnc21. The van der Waals surface area contributed by atoms with E-state index in [-0.39, 0.29) is 18.0 Å². The van der Waals surface area contributed by atoms with Crippen molar-refractivity contribution in [3.8, 4) is 6.07 Å². The number of halogens is 1. The minimum atomic E-state index is 0.147.